The topological polar surface area (TPSA) is 73.8 Å². The van der Waals surface area contributed by atoms with Gasteiger partial charge >= 0.3 is 0 Å². The van der Waals surface area contributed by atoms with Gasteiger partial charge in [-0.25, -0.2) is 4.98 Å². The third-order valence-electron chi connectivity index (χ3n) is 2.98. The quantitative estimate of drug-likeness (QED) is 0.862. The second kappa shape index (κ2) is 6.03. The molecule has 1 atom stereocenters. The van der Waals surface area contributed by atoms with Gasteiger partial charge in [0, 0.05) is 11.9 Å². The Morgan fingerprint density at radius 1 is 1.60 bits per heavy atom. The van der Waals surface area contributed by atoms with Gasteiger partial charge in [-0.2, -0.15) is 5.10 Å². The van der Waals surface area contributed by atoms with Gasteiger partial charge in [-0.3, -0.25) is 9.48 Å². The molecule has 2 N–H and O–H groups in total. The minimum atomic E-state index is -0.159. The van der Waals surface area contributed by atoms with E-state index in [4.69, 9.17) is 17.3 Å². The van der Waals surface area contributed by atoms with Gasteiger partial charge in [0.25, 0.3) is 0 Å². The van der Waals surface area contributed by atoms with Crippen LogP contribution in [0.3, 0.4) is 0 Å². The molecule has 0 bridgehead atoms. The van der Waals surface area contributed by atoms with Crippen LogP contribution in [0, 0.1) is 6.92 Å². The Labute approximate surface area is 126 Å². The van der Waals surface area contributed by atoms with Gasteiger partial charge in [0.2, 0.25) is 0 Å². The van der Waals surface area contributed by atoms with Crippen LogP contribution in [0.15, 0.2) is 5.38 Å². The average molecular weight is 313 g/mol. The SMILES string of the molecule is CCn1nc(C)c(Cl)c1CC(=O)c1csc(C(C)N)n1. The number of ketones is 1. The van der Waals surface area contributed by atoms with E-state index in [1.807, 2.05) is 20.8 Å². The Morgan fingerprint density at radius 3 is 2.85 bits per heavy atom. The van der Waals surface area contributed by atoms with E-state index < -0.39 is 0 Å². The first-order valence-corrected chi connectivity index (χ1v) is 7.65. The van der Waals surface area contributed by atoms with Crippen LogP contribution in [0.25, 0.3) is 0 Å². The summed E-state index contributed by atoms with van der Waals surface area (Å²) in [6.45, 7) is 6.32. The summed E-state index contributed by atoms with van der Waals surface area (Å²) in [5.41, 5.74) is 7.68. The van der Waals surface area contributed by atoms with Crippen molar-refractivity contribution >= 4 is 28.7 Å². The zero-order valence-electron chi connectivity index (χ0n) is 11.7. The second-order valence-corrected chi connectivity index (χ2v) is 5.89. The molecule has 2 heterocycles. The summed E-state index contributed by atoms with van der Waals surface area (Å²) in [7, 11) is 0. The standard InChI is InChI=1S/C13H17ClN4OS/c1-4-18-10(12(14)8(3)17-18)5-11(19)9-6-20-13(16-9)7(2)15/h6-7H,4-5,15H2,1-3H3. The summed E-state index contributed by atoms with van der Waals surface area (Å²) in [5, 5.41) is 7.37. The summed E-state index contributed by atoms with van der Waals surface area (Å²) in [6, 6.07) is -0.159. The molecule has 2 aromatic heterocycles. The summed E-state index contributed by atoms with van der Waals surface area (Å²) < 4.78 is 1.76. The molecular weight excluding hydrogens is 296 g/mol. The van der Waals surface area contributed by atoms with Crippen molar-refractivity contribution in [3.8, 4) is 0 Å². The van der Waals surface area contributed by atoms with Gasteiger partial charge in [0.15, 0.2) is 5.78 Å². The van der Waals surface area contributed by atoms with Gasteiger partial charge in [0.1, 0.15) is 10.7 Å². The lowest BCUT2D eigenvalue weighted by molar-refractivity contribution is 0.0986. The van der Waals surface area contributed by atoms with E-state index in [-0.39, 0.29) is 18.2 Å². The van der Waals surface area contributed by atoms with Crippen molar-refractivity contribution < 1.29 is 4.79 Å². The number of hydrogen-bond donors (Lipinski definition) is 1. The van der Waals surface area contributed by atoms with Crippen molar-refractivity contribution in [2.45, 2.75) is 39.8 Å². The Bertz CT molecular complexity index is 632. The highest BCUT2D eigenvalue weighted by Crippen LogP contribution is 2.23. The molecule has 0 saturated heterocycles. The molecule has 0 aliphatic carbocycles. The van der Waals surface area contributed by atoms with Crippen LogP contribution in [0.2, 0.25) is 5.02 Å². The Hall–Kier alpha value is -1.24. The number of carbonyl (C=O) groups excluding carboxylic acids is 1. The molecule has 0 fully saturated rings. The van der Waals surface area contributed by atoms with Gasteiger partial charge in [0.05, 0.1) is 28.9 Å². The molecule has 2 aromatic rings. The number of aromatic nitrogens is 3. The lowest BCUT2D eigenvalue weighted by Crippen LogP contribution is -2.11. The molecule has 0 radical (unpaired) electrons. The van der Waals surface area contributed by atoms with E-state index in [2.05, 4.69) is 10.1 Å². The molecule has 108 valence electrons. The van der Waals surface area contributed by atoms with Crippen LogP contribution in [-0.4, -0.2) is 20.5 Å². The highest BCUT2D eigenvalue weighted by atomic mass is 35.5. The normalized spacial score (nSPS) is 12.7. The summed E-state index contributed by atoms with van der Waals surface area (Å²) in [4.78, 5) is 16.6. The molecule has 1 unspecified atom stereocenters. The average Bonchev–Trinajstić information content (AvgIpc) is 2.99. The fourth-order valence-electron chi connectivity index (χ4n) is 1.91. The third-order valence-corrected chi connectivity index (χ3v) is 4.52. The monoisotopic (exact) mass is 312 g/mol. The minimum Gasteiger partial charge on any atom is -0.322 e. The Morgan fingerprint density at radius 2 is 2.30 bits per heavy atom. The van der Waals surface area contributed by atoms with Gasteiger partial charge in [-0.05, 0) is 20.8 Å². The van der Waals surface area contributed by atoms with E-state index in [1.54, 1.807) is 10.1 Å². The number of Topliss-reactive ketones (excluding diaryl/α,β-unsaturated/α-hetero) is 1. The number of nitrogens with zero attached hydrogens (tertiary/aromatic N) is 3. The lowest BCUT2D eigenvalue weighted by atomic mass is 10.1. The number of halogens is 1. The van der Waals surface area contributed by atoms with Crippen molar-refractivity contribution in [3.63, 3.8) is 0 Å². The third kappa shape index (κ3) is 2.92. The van der Waals surface area contributed by atoms with E-state index in [1.165, 1.54) is 11.3 Å². The van der Waals surface area contributed by atoms with Gasteiger partial charge in [-0.15, -0.1) is 11.3 Å². The maximum Gasteiger partial charge on any atom is 0.188 e. The molecular formula is C13H17ClN4OS. The summed E-state index contributed by atoms with van der Waals surface area (Å²) in [6.07, 6.45) is 0.204. The van der Waals surface area contributed by atoms with E-state index >= 15 is 0 Å². The van der Waals surface area contributed by atoms with Crippen molar-refractivity contribution in [3.05, 3.63) is 32.5 Å². The number of hydrogen-bond acceptors (Lipinski definition) is 5. The number of aryl methyl sites for hydroxylation is 2. The highest BCUT2D eigenvalue weighted by molar-refractivity contribution is 7.09. The van der Waals surface area contributed by atoms with E-state index in [9.17, 15) is 4.79 Å². The molecule has 0 aliphatic rings. The zero-order valence-corrected chi connectivity index (χ0v) is 13.3. The molecule has 0 aliphatic heterocycles. The zero-order chi connectivity index (χ0) is 14.9. The lowest BCUT2D eigenvalue weighted by Gasteiger charge is -2.03. The molecule has 20 heavy (non-hydrogen) atoms. The molecule has 5 nitrogen and oxygen atoms in total. The molecule has 0 amide bonds. The fraction of sp³-hybridized carbons (Fsp3) is 0.462. The Balaban J connectivity index is 2.23. The largest absolute Gasteiger partial charge is 0.322 e. The maximum atomic E-state index is 12.3. The summed E-state index contributed by atoms with van der Waals surface area (Å²) in [5.74, 6) is -0.0651. The minimum absolute atomic E-state index is 0.0651. The number of carbonyl (C=O) groups is 1. The van der Waals surface area contributed by atoms with Crippen LogP contribution in [-0.2, 0) is 13.0 Å². The molecule has 0 aromatic carbocycles. The predicted octanol–water partition coefficient (Wildman–Crippen LogP) is 2.77. The van der Waals surface area contributed by atoms with Crippen LogP contribution in [0.4, 0.5) is 0 Å². The number of nitrogens with two attached hydrogens (primary N) is 1. The first-order valence-electron chi connectivity index (χ1n) is 6.40. The summed E-state index contributed by atoms with van der Waals surface area (Å²) >= 11 is 7.61. The van der Waals surface area contributed by atoms with Crippen LogP contribution in [0.5, 0.6) is 0 Å². The molecule has 0 saturated carbocycles. The fourth-order valence-corrected chi connectivity index (χ4v) is 2.89. The highest BCUT2D eigenvalue weighted by Gasteiger charge is 2.19. The smallest absolute Gasteiger partial charge is 0.188 e. The molecule has 7 heteroatoms. The second-order valence-electron chi connectivity index (χ2n) is 4.62. The number of thiazole rings is 1. The van der Waals surface area contributed by atoms with Crippen molar-refractivity contribution in [2.75, 3.05) is 0 Å². The maximum absolute atomic E-state index is 12.3. The van der Waals surface area contributed by atoms with Crippen LogP contribution in [0.1, 0.15) is 46.8 Å². The van der Waals surface area contributed by atoms with E-state index in [0.717, 1.165) is 16.4 Å². The van der Waals surface area contributed by atoms with Gasteiger partial charge in [-0.1, -0.05) is 11.6 Å². The number of rotatable bonds is 5. The molecule has 2 rings (SSSR count). The van der Waals surface area contributed by atoms with Crippen molar-refractivity contribution in [2.24, 2.45) is 5.73 Å². The molecule has 0 spiro atoms. The Kier molecular flexibility index (Phi) is 4.57. The first-order chi connectivity index (χ1) is 9.43. The first kappa shape index (κ1) is 15.2. The van der Waals surface area contributed by atoms with E-state index in [0.29, 0.717) is 17.3 Å². The van der Waals surface area contributed by atoms with Crippen molar-refractivity contribution in [1.29, 1.82) is 0 Å². The van der Waals surface area contributed by atoms with Crippen LogP contribution >= 0.6 is 22.9 Å². The van der Waals surface area contributed by atoms with Crippen molar-refractivity contribution in [1.82, 2.24) is 14.8 Å². The van der Waals surface area contributed by atoms with Gasteiger partial charge < -0.3 is 5.73 Å². The van der Waals surface area contributed by atoms with Crippen LogP contribution < -0.4 is 5.73 Å². The predicted molar refractivity (Wildman–Crippen MR) is 80.4 cm³/mol.